The fourth-order valence-corrected chi connectivity index (χ4v) is 2.34. The number of nitrogens with one attached hydrogen (secondary N) is 2. The Morgan fingerprint density at radius 2 is 2.09 bits per heavy atom. The second-order valence-corrected chi connectivity index (χ2v) is 6.64. The monoisotopic (exact) mass is 402 g/mol. The van der Waals surface area contributed by atoms with Gasteiger partial charge in [-0.3, -0.25) is 10.1 Å². The van der Waals surface area contributed by atoms with E-state index in [1.165, 1.54) is 0 Å². The van der Waals surface area contributed by atoms with Crippen LogP contribution in [0.1, 0.15) is 30.6 Å². The number of carbonyl (C=O) groups is 1. The zero-order valence-electron chi connectivity index (χ0n) is 13.6. The average molecular weight is 403 g/mol. The van der Waals surface area contributed by atoms with Gasteiger partial charge in [-0.1, -0.05) is 13.8 Å². The van der Waals surface area contributed by atoms with E-state index in [-0.39, 0.29) is 11.0 Å². The van der Waals surface area contributed by atoms with Crippen molar-refractivity contribution in [3.05, 3.63) is 28.2 Å². The second-order valence-electron chi connectivity index (χ2n) is 5.38. The lowest BCUT2D eigenvalue weighted by atomic mass is 10.1. The molecule has 1 aromatic rings. The summed E-state index contributed by atoms with van der Waals surface area (Å²) < 4.78 is 11.3. The van der Waals surface area contributed by atoms with Crippen molar-refractivity contribution in [3.8, 4) is 5.75 Å². The Bertz CT molecular complexity index is 538. The first-order valence-corrected chi connectivity index (χ1v) is 8.64. The van der Waals surface area contributed by atoms with E-state index < -0.39 is 0 Å². The molecule has 1 aromatic carbocycles. The van der Waals surface area contributed by atoms with Crippen LogP contribution < -0.4 is 15.4 Å². The van der Waals surface area contributed by atoms with Crippen LogP contribution in [0.5, 0.6) is 5.75 Å². The normalized spacial score (nSPS) is 10.5. The number of hydrogen-bond donors (Lipinski definition) is 2. The van der Waals surface area contributed by atoms with Gasteiger partial charge < -0.3 is 14.8 Å². The number of benzene rings is 1. The second kappa shape index (κ2) is 10.6. The minimum absolute atomic E-state index is 0.269. The van der Waals surface area contributed by atoms with E-state index in [9.17, 15) is 4.79 Å². The number of amides is 1. The maximum absolute atomic E-state index is 12.1. The number of carbonyl (C=O) groups excluding carboxylic acids is 1. The first-order valence-electron chi connectivity index (χ1n) is 7.44. The van der Waals surface area contributed by atoms with Gasteiger partial charge in [0.15, 0.2) is 5.11 Å². The SMILES string of the molecule is COCCNC(=S)NC(=O)c1ccc(OCCC(C)C)c(Br)c1. The summed E-state index contributed by atoms with van der Waals surface area (Å²) in [6.07, 6.45) is 0.982. The fourth-order valence-electron chi connectivity index (χ4n) is 1.65. The molecule has 1 rings (SSSR count). The Morgan fingerprint density at radius 3 is 2.70 bits per heavy atom. The van der Waals surface area contributed by atoms with Crippen LogP contribution in [0, 0.1) is 5.92 Å². The van der Waals surface area contributed by atoms with E-state index in [2.05, 4.69) is 40.4 Å². The molecule has 5 nitrogen and oxygen atoms in total. The molecule has 0 aliphatic heterocycles. The third kappa shape index (κ3) is 7.76. The molecule has 23 heavy (non-hydrogen) atoms. The molecule has 0 bridgehead atoms. The van der Waals surface area contributed by atoms with Crippen molar-refractivity contribution in [2.75, 3.05) is 26.9 Å². The van der Waals surface area contributed by atoms with E-state index in [1.807, 2.05) is 0 Å². The van der Waals surface area contributed by atoms with Crippen molar-refractivity contribution >= 4 is 39.2 Å². The molecule has 0 heterocycles. The topological polar surface area (TPSA) is 59.6 Å². The molecule has 0 fully saturated rings. The molecular weight excluding hydrogens is 380 g/mol. The van der Waals surface area contributed by atoms with Crippen LogP contribution in [0.4, 0.5) is 0 Å². The lowest BCUT2D eigenvalue weighted by Gasteiger charge is -2.12. The average Bonchev–Trinajstić information content (AvgIpc) is 2.48. The fraction of sp³-hybridized carbons (Fsp3) is 0.500. The molecule has 0 aliphatic rings. The third-order valence-corrected chi connectivity index (χ3v) is 3.83. The number of halogens is 1. The molecule has 0 unspecified atom stereocenters. The summed E-state index contributed by atoms with van der Waals surface area (Å²) in [5.74, 6) is 1.04. The van der Waals surface area contributed by atoms with Crippen molar-refractivity contribution < 1.29 is 14.3 Å². The quantitative estimate of drug-likeness (QED) is 0.516. The minimum atomic E-state index is -0.269. The standard InChI is InChI=1S/C16H23BrN2O3S/c1-11(2)6-8-22-14-5-4-12(10-13(14)17)15(20)19-16(23)18-7-9-21-3/h4-5,10-11H,6-9H2,1-3H3,(H2,18,19,20,23). The summed E-state index contributed by atoms with van der Waals surface area (Å²) in [5, 5.41) is 5.79. The smallest absolute Gasteiger partial charge is 0.257 e. The molecule has 0 aliphatic carbocycles. The predicted molar refractivity (Wildman–Crippen MR) is 99.0 cm³/mol. The summed E-state index contributed by atoms with van der Waals surface area (Å²) in [6, 6.07) is 5.21. The highest BCUT2D eigenvalue weighted by Gasteiger charge is 2.11. The van der Waals surface area contributed by atoms with Gasteiger partial charge in [0, 0.05) is 19.2 Å². The van der Waals surface area contributed by atoms with Crippen LogP contribution in [0.15, 0.2) is 22.7 Å². The van der Waals surface area contributed by atoms with Gasteiger partial charge in [-0.2, -0.15) is 0 Å². The van der Waals surface area contributed by atoms with Crippen LogP contribution >= 0.6 is 28.1 Å². The molecule has 0 aromatic heterocycles. The van der Waals surface area contributed by atoms with Crippen LogP contribution in [-0.2, 0) is 4.74 Å². The van der Waals surface area contributed by atoms with Gasteiger partial charge in [0.05, 0.1) is 17.7 Å². The largest absolute Gasteiger partial charge is 0.492 e. The van der Waals surface area contributed by atoms with Crippen molar-refractivity contribution in [1.29, 1.82) is 0 Å². The first kappa shape index (κ1) is 19.9. The highest BCUT2D eigenvalue weighted by atomic mass is 79.9. The van der Waals surface area contributed by atoms with E-state index >= 15 is 0 Å². The zero-order valence-corrected chi connectivity index (χ0v) is 16.1. The Labute approximate surface area is 151 Å². The highest BCUT2D eigenvalue weighted by molar-refractivity contribution is 9.10. The Balaban J connectivity index is 2.55. The maximum Gasteiger partial charge on any atom is 0.257 e. The van der Waals surface area contributed by atoms with Gasteiger partial charge in [0.2, 0.25) is 0 Å². The number of methoxy groups -OCH3 is 1. The molecule has 0 radical (unpaired) electrons. The molecule has 0 saturated carbocycles. The van der Waals surface area contributed by atoms with Gasteiger partial charge in [-0.15, -0.1) is 0 Å². The molecule has 0 spiro atoms. The summed E-state index contributed by atoms with van der Waals surface area (Å²) in [6.45, 7) is 6.01. The molecule has 2 N–H and O–H groups in total. The molecule has 0 atom stereocenters. The maximum atomic E-state index is 12.1. The van der Waals surface area contributed by atoms with Crippen molar-refractivity contribution in [2.24, 2.45) is 5.92 Å². The summed E-state index contributed by atoms with van der Waals surface area (Å²) in [7, 11) is 1.60. The molecule has 7 heteroatoms. The number of rotatable bonds is 8. The zero-order chi connectivity index (χ0) is 17.2. The van der Waals surface area contributed by atoms with Gasteiger partial charge in [0.1, 0.15) is 5.75 Å². The minimum Gasteiger partial charge on any atom is -0.492 e. The lowest BCUT2D eigenvalue weighted by molar-refractivity contribution is 0.0976. The molecule has 0 saturated heterocycles. The van der Waals surface area contributed by atoms with Crippen molar-refractivity contribution in [2.45, 2.75) is 20.3 Å². The van der Waals surface area contributed by atoms with Gasteiger partial charge >= 0.3 is 0 Å². The lowest BCUT2D eigenvalue weighted by Crippen LogP contribution is -2.40. The van der Waals surface area contributed by atoms with Crippen LogP contribution in [0.25, 0.3) is 0 Å². The number of ether oxygens (including phenoxy) is 2. The van der Waals surface area contributed by atoms with E-state index in [0.717, 1.165) is 16.6 Å². The van der Waals surface area contributed by atoms with Crippen molar-refractivity contribution in [3.63, 3.8) is 0 Å². The van der Waals surface area contributed by atoms with Gasteiger partial charge in [0.25, 0.3) is 5.91 Å². The predicted octanol–water partition coefficient (Wildman–Crippen LogP) is 3.12. The van der Waals surface area contributed by atoms with Crippen LogP contribution in [-0.4, -0.2) is 37.9 Å². The third-order valence-electron chi connectivity index (χ3n) is 2.97. The summed E-state index contributed by atoms with van der Waals surface area (Å²) in [5.41, 5.74) is 0.504. The molecule has 128 valence electrons. The number of hydrogen-bond acceptors (Lipinski definition) is 4. The Hall–Kier alpha value is -1.18. The number of thiocarbonyl (C=S) groups is 1. The van der Waals surface area contributed by atoms with E-state index in [4.69, 9.17) is 21.7 Å². The van der Waals surface area contributed by atoms with Crippen molar-refractivity contribution in [1.82, 2.24) is 10.6 Å². The Kier molecular flexibility index (Phi) is 9.13. The highest BCUT2D eigenvalue weighted by Crippen LogP contribution is 2.26. The van der Waals surface area contributed by atoms with E-state index in [1.54, 1.807) is 25.3 Å². The Morgan fingerprint density at radius 1 is 1.35 bits per heavy atom. The van der Waals surface area contributed by atoms with Crippen LogP contribution in [0.3, 0.4) is 0 Å². The summed E-state index contributed by atoms with van der Waals surface area (Å²) >= 11 is 8.48. The van der Waals surface area contributed by atoms with Crippen LogP contribution in [0.2, 0.25) is 0 Å². The molecular formula is C16H23BrN2O3S. The summed E-state index contributed by atoms with van der Waals surface area (Å²) in [4.78, 5) is 12.1. The van der Waals surface area contributed by atoms with E-state index in [0.29, 0.717) is 31.2 Å². The van der Waals surface area contributed by atoms with Gasteiger partial charge in [-0.05, 0) is 58.7 Å². The first-order chi connectivity index (χ1) is 10.9. The molecule has 1 amide bonds. The van der Waals surface area contributed by atoms with Gasteiger partial charge in [-0.25, -0.2) is 0 Å².